The van der Waals surface area contributed by atoms with Gasteiger partial charge >= 0.3 is 0 Å². The maximum absolute atomic E-state index is 4.80. The summed E-state index contributed by atoms with van der Waals surface area (Å²) in [7, 11) is 0. The van der Waals surface area contributed by atoms with Crippen LogP contribution in [-0.2, 0) is 0 Å². The van der Waals surface area contributed by atoms with E-state index in [1.165, 1.54) is 148 Å². The standard InChI is InChI=1S/C32H62N6/c1-3-5-7-9-11-13-15-17-19-22-26-33-30-35-31(37-32(36-30)38-28-24-21-25-29-38)34-27-23-20-18-16-14-12-10-8-6-4-2/h3-29H2,1-2H3,(H2,33,34,35,36,37). The van der Waals surface area contributed by atoms with E-state index >= 15 is 0 Å². The molecule has 0 spiro atoms. The fraction of sp³-hybridized carbons (Fsp3) is 0.906. The number of nitrogens with zero attached hydrogens (tertiary/aromatic N) is 4. The summed E-state index contributed by atoms with van der Waals surface area (Å²) in [4.78, 5) is 16.7. The summed E-state index contributed by atoms with van der Waals surface area (Å²) in [5.41, 5.74) is 0. The Kier molecular flexibility index (Phi) is 20.0. The highest BCUT2D eigenvalue weighted by molar-refractivity contribution is 5.44. The van der Waals surface area contributed by atoms with Gasteiger partial charge in [-0.15, -0.1) is 0 Å². The van der Waals surface area contributed by atoms with Crippen molar-refractivity contribution in [2.24, 2.45) is 0 Å². The molecule has 0 amide bonds. The minimum atomic E-state index is 0.738. The van der Waals surface area contributed by atoms with E-state index in [0.717, 1.165) is 44.0 Å². The molecule has 1 fully saturated rings. The summed E-state index contributed by atoms with van der Waals surface area (Å²) in [5.74, 6) is 2.32. The van der Waals surface area contributed by atoms with Crippen molar-refractivity contribution in [3.63, 3.8) is 0 Å². The zero-order valence-corrected chi connectivity index (χ0v) is 25.4. The van der Waals surface area contributed by atoms with Crippen LogP contribution in [-0.4, -0.2) is 41.1 Å². The lowest BCUT2D eigenvalue weighted by Crippen LogP contribution is -2.31. The first-order valence-corrected chi connectivity index (χ1v) is 16.8. The lowest BCUT2D eigenvalue weighted by atomic mass is 10.1. The highest BCUT2D eigenvalue weighted by Gasteiger charge is 2.16. The minimum absolute atomic E-state index is 0.738. The molecule has 0 aliphatic carbocycles. The fourth-order valence-corrected chi connectivity index (χ4v) is 5.38. The number of rotatable bonds is 25. The van der Waals surface area contributed by atoms with Crippen molar-refractivity contribution in [2.75, 3.05) is 41.7 Å². The Morgan fingerprint density at radius 1 is 0.474 bits per heavy atom. The van der Waals surface area contributed by atoms with Gasteiger partial charge in [-0.1, -0.05) is 129 Å². The third-order valence-corrected chi connectivity index (χ3v) is 7.89. The summed E-state index contributed by atoms with van der Waals surface area (Å²) >= 11 is 0. The molecule has 1 aromatic heterocycles. The highest BCUT2D eigenvalue weighted by Crippen LogP contribution is 2.19. The molecular weight excluding hydrogens is 468 g/mol. The average molecular weight is 531 g/mol. The van der Waals surface area contributed by atoms with Gasteiger partial charge in [0.15, 0.2) is 0 Å². The van der Waals surface area contributed by atoms with E-state index in [-0.39, 0.29) is 0 Å². The lowest BCUT2D eigenvalue weighted by molar-refractivity contribution is 0.559. The average Bonchev–Trinajstić information content (AvgIpc) is 2.95. The second-order valence-corrected chi connectivity index (χ2v) is 11.5. The van der Waals surface area contributed by atoms with E-state index in [0.29, 0.717) is 0 Å². The molecule has 1 saturated heterocycles. The molecule has 6 heteroatoms. The van der Waals surface area contributed by atoms with Crippen LogP contribution in [0.25, 0.3) is 0 Å². The molecule has 1 aliphatic heterocycles. The Balaban J connectivity index is 1.65. The molecule has 1 aliphatic rings. The topological polar surface area (TPSA) is 66.0 Å². The quantitative estimate of drug-likeness (QED) is 0.123. The number of aromatic nitrogens is 3. The van der Waals surface area contributed by atoms with Gasteiger partial charge in [0, 0.05) is 26.2 Å². The molecule has 2 heterocycles. The van der Waals surface area contributed by atoms with Gasteiger partial charge in [-0.2, -0.15) is 15.0 Å². The molecule has 1 aromatic rings. The second kappa shape index (κ2) is 23.3. The van der Waals surface area contributed by atoms with Crippen molar-refractivity contribution in [1.82, 2.24) is 15.0 Å². The number of nitrogens with one attached hydrogen (secondary N) is 2. The first kappa shape index (κ1) is 32.6. The van der Waals surface area contributed by atoms with E-state index in [1.807, 2.05) is 0 Å². The summed E-state index contributed by atoms with van der Waals surface area (Å²) in [5, 5.41) is 7.01. The second-order valence-electron chi connectivity index (χ2n) is 11.5. The Morgan fingerprint density at radius 3 is 1.24 bits per heavy atom. The molecule has 6 nitrogen and oxygen atoms in total. The predicted octanol–water partition coefficient (Wildman–Crippen LogP) is 9.53. The van der Waals surface area contributed by atoms with Crippen LogP contribution >= 0.6 is 0 Å². The first-order chi connectivity index (χ1) is 18.8. The number of hydrogen-bond acceptors (Lipinski definition) is 6. The van der Waals surface area contributed by atoms with Crippen molar-refractivity contribution in [3.05, 3.63) is 0 Å². The number of unbranched alkanes of at least 4 members (excludes halogenated alkanes) is 18. The number of hydrogen-bond donors (Lipinski definition) is 2. The number of anilines is 3. The van der Waals surface area contributed by atoms with Gasteiger partial charge in [0.05, 0.1) is 0 Å². The molecule has 220 valence electrons. The smallest absolute Gasteiger partial charge is 0.231 e. The van der Waals surface area contributed by atoms with Gasteiger partial charge in [0.2, 0.25) is 17.8 Å². The van der Waals surface area contributed by atoms with Crippen LogP contribution in [0.15, 0.2) is 0 Å². The summed E-state index contributed by atoms with van der Waals surface area (Å²) in [6, 6.07) is 0. The third kappa shape index (κ3) is 16.4. The molecule has 38 heavy (non-hydrogen) atoms. The van der Waals surface area contributed by atoms with Gasteiger partial charge in [-0.25, -0.2) is 0 Å². The Bertz CT molecular complexity index is 617. The third-order valence-electron chi connectivity index (χ3n) is 7.89. The van der Waals surface area contributed by atoms with E-state index in [9.17, 15) is 0 Å². The van der Waals surface area contributed by atoms with Crippen molar-refractivity contribution >= 4 is 17.8 Å². The molecule has 0 unspecified atom stereocenters. The molecule has 2 N–H and O–H groups in total. The Morgan fingerprint density at radius 2 is 0.842 bits per heavy atom. The van der Waals surface area contributed by atoms with Crippen LogP contribution in [0, 0.1) is 0 Å². The lowest BCUT2D eigenvalue weighted by Gasteiger charge is -2.27. The predicted molar refractivity (Wildman–Crippen MR) is 167 cm³/mol. The van der Waals surface area contributed by atoms with Crippen LogP contribution in [0.1, 0.15) is 162 Å². The van der Waals surface area contributed by atoms with Gasteiger partial charge in [0.25, 0.3) is 0 Å². The van der Waals surface area contributed by atoms with Crippen LogP contribution in [0.4, 0.5) is 17.8 Å². The first-order valence-electron chi connectivity index (χ1n) is 16.8. The minimum Gasteiger partial charge on any atom is -0.354 e. The van der Waals surface area contributed by atoms with Gasteiger partial charge < -0.3 is 15.5 Å². The monoisotopic (exact) mass is 531 g/mol. The molecule has 0 saturated carbocycles. The fourth-order valence-electron chi connectivity index (χ4n) is 5.38. The maximum Gasteiger partial charge on any atom is 0.231 e. The molecule has 0 atom stereocenters. The molecule has 0 bridgehead atoms. The van der Waals surface area contributed by atoms with Crippen molar-refractivity contribution in [2.45, 2.75) is 162 Å². The van der Waals surface area contributed by atoms with Crippen molar-refractivity contribution < 1.29 is 0 Å². The van der Waals surface area contributed by atoms with E-state index < -0.39 is 0 Å². The van der Waals surface area contributed by atoms with E-state index in [1.54, 1.807) is 0 Å². The van der Waals surface area contributed by atoms with Gasteiger partial charge in [-0.3, -0.25) is 0 Å². The Hall–Kier alpha value is -1.59. The number of piperidine rings is 1. The molecule has 0 aromatic carbocycles. The van der Waals surface area contributed by atoms with Crippen LogP contribution in [0.5, 0.6) is 0 Å². The van der Waals surface area contributed by atoms with Gasteiger partial charge in [0.1, 0.15) is 0 Å². The van der Waals surface area contributed by atoms with E-state index in [2.05, 4.69) is 29.4 Å². The molecular formula is C32H62N6. The zero-order chi connectivity index (χ0) is 26.9. The Labute approximate surface area is 236 Å². The summed E-state index contributed by atoms with van der Waals surface area (Å²) in [6.07, 6.45) is 30.9. The SMILES string of the molecule is CCCCCCCCCCCCNc1nc(NCCCCCCCCCCCC)nc(N2CCCCC2)n1. The van der Waals surface area contributed by atoms with Crippen molar-refractivity contribution in [3.8, 4) is 0 Å². The van der Waals surface area contributed by atoms with Crippen molar-refractivity contribution in [1.29, 1.82) is 0 Å². The highest BCUT2D eigenvalue weighted by atomic mass is 15.3. The zero-order valence-electron chi connectivity index (χ0n) is 25.4. The molecule has 2 rings (SSSR count). The maximum atomic E-state index is 4.80. The van der Waals surface area contributed by atoms with Crippen LogP contribution < -0.4 is 15.5 Å². The van der Waals surface area contributed by atoms with E-state index in [4.69, 9.17) is 15.0 Å². The summed E-state index contributed by atoms with van der Waals surface area (Å²) < 4.78 is 0. The largest absolute Gasteiger partial charge is 0.354 e. The van der Waals surface area contributed by atoms with Gasteiger partial charge in [-0.05, 0) is 32.1 Å². The van der Waals surface area contributed by atoms with Crippen LogP contribution in [0.3, 0.4) is 0 Å². The van der Waals surface area contributed by atoms with Crippen LogP contribution in [0.2, 0.25) is 0 Å². The normalized spacial score (nSPS) is 13.7. The summed E-state index contributed by atoms with van der Waals surface area (Å²) in [6.45, 7) is 8.57. The molecule has 0 radical (unpaired) electrons.